The second kappa shape index (κ2) is 5.70. The van der Waals surface area contributed by atoms with Crippen LogP contribution in [-0.2, 0) is 30.2 Å². The van der Waals surface area contributed by atoms with E-state index in [2.05, 4.69) is 9.82 Å². The molecule has 2 N–H and O–H groups in total. The van der Waals surface area contributed by atoms with E-state index in [1.807, 2.05) is 0 Å². The van der Waals surface area contributed by atoms with E-state index < -0.39 is 22.4 Å². The SMILES string of the molecule is Cn1cc(CNS(=O)(=O)c2ccc(F)c(CO)c2)cn1. The summed E-state index contributed by atoms with van der Waals surface area (Å²) in [4.78, 5) is -0.0909. The minimum atomic E-state index is -3.76. The smallest absolute Gasteiger partial charge is 0.240 e. The van der Waals surface area contributed by atoms with Crippen LogP contribution in [0.15, 0.2) is 35.5 Å². The Morgan fingerprint density at radius 2 is 2.20 bits per heavy atom. The Hall–Kier alpha value is -1.77. The van der Waals surface area contributed by atoms with Crippen LogP contribution >= 0.6 is 0 Å². The van der Waals surface area contributed by atoms with E-state index >= 15 is 0 Å². The molecule has 0 saturated heterocycles. The maximum absolute atomic E-state index is 13.2. The Bertz CT molecular complexity index is 712. The summed E-state index contributed by atoms with van der Waals surface area (Å²) >= 11 is 0. The summed E-state index contributed by atoms with van der Waals surface area (Å²) in [5.41, 5.74) is 0.648. The molecule has 6 nitrogen and oxygen atoms in total. The number of hydrogen-bond donors (Lipinski definition) is 2. The number of aromatic nitrogens is 2. The summed E-state index contributed by atoms with van der Waals surface area (Å²) in [7, 11) is -2.04. The number of nitrogens with one attached hydrogen (secondary N) is 1. The molecular weight excluding hydrogens is 285 g/mol. The van der Waals surface area contributed by atoms with Gasteiger partial charge in [-0.3, -0.25) is 4.68 Å². The van der Waals surface area contributed by atoms with Crippen molar-refractivity contribution in [2.75, 3.05) is 0 Å². The lowest BCUT2D eigenvalue weighted by atomic mass is 10.2. The molecule has 0 fully saturated rings. The van der Waals surface area contributed by atoms with Gasteiger partial charge in [-0.2, -0.15) is 5.10 Å². The minimum absolute atomic E-state index is 0.0609. The monoisotopic (exact) mass is 299 g/mol. The molecule has 108 valence electrons. The van der Waals surface area contributed by atoms with E-state index in [1.165, 1.54) is 0 Å². The molecule has 1 aromatic carbocycles. The minimum Gasteiger partial charge on any atom is -0.392 e. The van der Waals surface area contributed by atoms with Gasteiger partial charge in [0.25, 0.3) is 0 Å². The molecule has 0 aliphatic rings. The van der Waals surface area contributed by atoms with Crippen molar-refractivity contribution < 1.29 is 17.9 Å². The lowest BCUT2D eigenvalue weighted by Gasteiger charge is -2.07. The molecule has 8 heteroatoms. The number of sulfonamides is 1. The van der Waals surface area contributed by atoms with Crippen LogP contribution in [0.2, 0.25) is 0 Å². The average Bonchev–Trinajstić information content (AvgIpc) is 2.83. The van der Waals surface area contributed by atoms with Gasteiger partial charge in [0.05, 0.1) is 17.7 Å². The van der Waals surface area contributed by atoms with Gasteiger partial charge < -0.3 is 5.11 Å². The first-order chi connectivity index (χ1) is 9.42. The molecule has 0 radical (unpaired) electrons. The van der Waals surface area contributed by atoms with Crippen LogP contribution in [0.5, 0.6) is 0 Å². The van der Waals surface area contributed by atoms with E-state index in [0.717, 1.165) is 18.2 Å². The lowest BCUT2D eigenvalue weighted by molar-refractivity contribution is 0.275. The van der Waals surface area contributed by atoms with E-state index in [-0.39, 0.29) is 17.0 Å². The Balaban J connectivity index is 2.17. The van der Waals surface area contributed by atoms with Crippen molar-refractivity contribution in [3.63, 3.8) is 0 Å². The maximum Gasteiger partial charge on any atom is 0.240 e. The third kappa shape index (κ3) is 3.21. The second-order valence-corrected chi connectivity index (χ2v) is 6.03. The van der Waals surface area contributed by atoms with E-state index in [9.17, 15) is 12.8 Å². The third-order valence-corrected chi connectivity index (χ3v) is 4.12. The van der Waals surface area contributed by atoms with Gasteiger partial charge in [-0.05, 0) is 18.2 Å². The molecule has 1 heterocycles. The van der Waals surface area contributed by atoms with Crippen molar-refractivity contribution >= 4 is 10.0 Å². The Kier molecular flexibility index (Phi) is 4.17. The van der Waals surface area contributed by atoms with E-state index in [0.29, 0.717) is 5.56 Å². The number of halogens is 1. The molecule has 0 amide bonds. The largest absolute Gasteiger partial charge is 0.392 e. The summed E-state index contributed by atoms with van der Waals surface area (Å²) in [5.74, 6) is -0.640. The fourth-order valence-electron chi connectivity index (χ4n) is 1.66. The normalized spacial score (nSPS) is 11.8. The number of rotatable bonds is 5. The number of benzene rings is 1. The van der Waals surface area contributed by atoms with Crippen LogP contribution in [0.1, 0.15) is 11.1 Å². The van der Waals surface area contributed by atoms with Crippen LogP contribution in [-0.4, -0.2) is 23.3 Å². The first kappa shape index (κ1) is 14.6. The highest BCUT2D eigenvalue weighted by Crippen LogP contribution is 2.15. The maximum atomic E-state index is 13.2. The summed E-state index contributed by atoms with van der Waals surface area (Å²) in [6.45, 7) is -0.472. The molecule has 0 unspecified atom stereocenters. The van der Waals surface area contributed by atoms with Crippen LogP contribution < -0.4 is 4.72 Å². The van der Waals surface area contributed by atoms with Gasteiger partial charge in [-0.15, -0.1) is 0 Å². The Morgan fingerprint density at radius 3 is 2.80 bits per heavy atom. The zero-order chi connectivity index (χ0) is 14.8. The third-order valence-electron chi connectivity index (χ3n) is 2.72. The molecule has 2 rings (SSSR count). The van der Waals surface area contributed by atoms with Gasteiger partial charge in [0.2, 0.25) is 10.0 Å². The van der Waals surface area contributed by atoms with Gasteiger partial charge in [0.15, 0.2) is 0 Å². The van der Waals surface area contributed by atoms with Gasteiger partial charge in [0.1, 0.15) is 5.82 Å². The molecule has 1 aromatic heterocycles. The highest BCUT2D eigenvalue weighted by Gasteiger charge is 2.16. The first-order valence-corrected chi connectivity index (χ1v) is 7.27. The first-order valence-electron chi connectivity index (χ1n) is 5.79. The fourth-order valence-corrected chi connectivity index (χ4v) is 2.73. The van der Waals surface area contributed by atoms with Crippen molar-refractivity contribution in [1.29, 1.82) is 0 Å². The van der Waals surface area contributed by atoms with Crippen LogP contribution in [0.3, 0.4) is 0 Å². The molecule has 2 aromatic rings. The standard InChI is InChI=1S/C12H14FN3O3S/c1-16-7-9(5-14-16)6-15-20(18,19)11-2-3-12(13)10(4-11)8-17/h2-5,7,15,17H,6,8H2,1H3. The van der Waals surface area contributed by atoms with Crippen molar-refractivity contribution in [2.45, 2.75) is 18.0 Å². The predicted molar refractivity (Wildman–Crippen MR) is 69.6 cm³/mol. The second-order valence-electron chi connectivity index (χ2n) is 4.26. The van der Waals surface area contributed by atoms with Gasteiger partial charge in [-0.1, -0.05) is 0 Å². The molecule has 0 saturated carbocycles. The highest BCUT2D eigenvalue weighted by atomic mass is 32.2. The summed E-state index contributed by atoms with van der Waals surface area (Å²) in [6, 6.07) is 3.28. The summed E-state index contributed by atoms with van der Waals surface area (Å²) in [6.07, 6.45) is 3.23. The predicted octanol–water partition coefficient (Wildman–Crippen LogP) is 0.530. The van der Waals surface area contributed by atoms with E-state index in [4.69, 9.17) is 5.11 Å². The summed E-state index contributed by atoms with van der Waals surface area (Å²) < 4.78 is 41.3. The van der Waals surface area contributed by atoms with Gasteiger partial charge in [-0.25, -0.2) is 17.5 Å². The highest BCUT2D eigenvalue weighted by molar-refractivity contribution is 7.89. The number of aliphatic hydroxyl groups excluding tert-OH is 1. The molecule has 0 spiro atoms. The number of nitrogens with zero attached hydrogens (tertiary/aromatic N) is 2. The molecule has 0 aliphatic heterocycles. The van der Waals surface area contributed by atoms with Gasteiger partial charge in [0, 0.05) is 30.9 Å². The zero-order valence-corrected chi connectivity index (χ0v) is 11.6. The number of aliphatic hydroxyl groups is 1. The fraction of sp³-hybridized carbons (Fsp3) is 0.250. The molecule has 0 aliphatic carbocycles. The Morgan fingerprint density at radius 1 is 1.45 bits per heavy atom. The topological polar surface area (TPSA) is 84.2 Å². The van der Waals surface area contributed by atoms with Crippen LogP contribution in [0, 0.1) is 5.82 Å². The van der Waals surface area contributed by atoms with E-state index in [1.54, 1.807) is 24.1 Å². The summed E-state index contributed by atoms with van der Waals surface area (Å²) in [5, 5.41) is 12.9. The van der Waals surface area contributed by atoms with Crippen molar-refractivity contribution in [3.05, 3.63) is 47.5 Å². The Labute approximate surface area is 115 Å². The molecule has 20 heavy (non-hydrogen) atoms. The number of aryl methyl sites for hydroxylation is 1. The quantitative estimate of drug-likeness (QED) is 0.843. The van der Waals surface area contributed by atoms with Crippen LogP contribution in [0.25, 0.3) is 0 Å². The zero-order valence-electron chi connectivity index (χ0n) is 10.7. The molecule has 0 atom stereocenters. The number of hydrogen-bond acceptors (Lipinski definition) is 4. The van der Waals surface area contributed by atoms with Crippen molar-refractivity contribution in [2.24, 2.45) is 7.05 Å². The van der Waals surface area contributed by atoms with Crippen LogP contribution in [0.4, 0.5) is 4.39 Å². The van der Waals surface area contributed by atoms with Gasteiger partial charge >= 0.3 is 0 Å². The molecular formula is C12H14FN3O3S. The van der Waals surface area contributed by atoms with Crippen molar-refractivity contribution in [1.82, 2.24) is 14.5 Å². The lowest BCUT2D eigenvalue weighted by Crippen LogP contribution is -2.23. The average molecular weight is 299 g/mol. The van der Waals surface area contributed by atoms with Crippen molar-refractivity contribution in [3.8, 4) is 0 Å². The molecule has 0 bridgehead atoms.